The first-order valence-corrected chi connectivity index (χ1v) is 7.41. The summed E-state index contributed by atoms with van der Waals surface area (Å²) in [7, 11) is 0. The smallest absolute Gasteiger partial charge is 0.163 e. The standard InChI is InChI=1S/C16H23F2N/c1-2-19-16(12-8-5-3-4-6-9-12)13-10-7-11-14(17)15(13)18/h7,10-12,16,19H,2-6,8-9H2,1H3. The molecule has 1 saturated carbocycles. The van der Waals surface area contributed by atoms with Crippen LogP contribution < -0.4 is 5.32 Å². The molecule has 106 valence electrons. The van der Waals surface area contributed by atoms with Crippen LogP contribution in [0.15, 0.2) is 18.2 Å². The molecule has 1 aliphatic carbocycles. The zero-order valence-electron chi connectivity index (χ0n) is 11.6. The number of hydrogen-bond donors (Lipinski definition) is 1. The van der Waals surface area contributed by atoms with Gasteiger partial charge in [-0.15, -0.1) is 0 Å². The maximum absolute atomic E-state index is 14.0. The Morgan fingerprint density at radius 3 is 2.47 bits per heavy atom. The third-order valence-electron chi connectivity index (χ3n) is 4.11. The number of halogens is 2. The van der Waals surface area contributed by atoms with E-state index < -0.39 is 11.6 Å². The van der Waals surface area contributed by atoms with Crippen molar-refractivity contribution >= 4 is 0 Å². The molecule has 0 saturated heterocycles. The van der Waals surface area contributed by atoms with E-state index in [-0.39, 0.29) is 6.04 Å². The summed E-state index contributed by atoms with van der Waals surface area (Å²) in [4.78, 5) is 0. The quantitative estimate of drug-likeness (QED) is 0.787. The predicted octanol–water partition coefficient (Wildman–Crippen LogP) is 4.59. The van der Waals surface area contributed by atoms with E-state index >= 15 is 0 Å². The van der Waals surface area contributed by atoms with Gasteiger partial charge >= 0.3 is 0 Å². The van der Waals surface area contributed by atoms with Gasteiger partial charge in [-0.1, -0.05) is 44.7 Å². The fraction of sp³-hybridized carbons (Fsp3) is 0.625. The van der Waals surface area contributed by atoms with Crippen LogP contribution in [-0.2, 0) is 0 Å². The summed E-state index contributed by atoms with van der Waals surface area (Å²) >= 11 is 0. The largest absolute Gasteiger partial charge is 0.310 e. The fourth-order valence-corrected chi connectivity index (χ4v) is 3.16. The highest BCUT2D eigenvalue weighted by atomic mass is 19.2. The lowest BCUT2D eigenvalue weighted by molar-refractivity contribution is 0.318. The molecule has 1 aliphatic rings. The Morgan fingerprint density at radius 2 is 1.84 bits per heavy atom. The van der Waals surface area contributed by atoms with Gasteiger partial charge in [-0.2, -0.15) is 0 Å². The Hall–Kier alpha value is -0.960. The SMILES string of the molecule is CCNC(c1cccc(F)c1F)C1CCCCCC1. The number of hydrogen-bond acceptors (Lipinski definition) is 1. The molecule has 0 aliphatic heterocycles. The number of benzene rings is 1. The molecule has 1 atom stereocenters. The van der Waals surface area contributed by atoms with Crippen LogP contribution in [0.5, 0.6) is 0 Å². The fourth-order valence-electron chi connectivity index (χ4n) is 3.16. The molecule has 19 heavy (non-hydrogen) atoms. The molecular formula is C16H23F2N. The van der Waals surface area contributed by atoms with E-state index in [2.05, 4.69) is 5.32 Å². The molecule has 1 fully saturated rings. The van der Waals surface area contributed by atoms with Crippen molar-refractivity contribution in [2.75, 3.05) is 6.54 Å². The molecule has 1 N–H and O–H groups in total. The Balaban J connectivity index is 2.25. The van der Waals surface area contributed by atoms with Crippen molar-refractivity contribution in [1.82, 2.24) is 5.32 Å². The second-order valence-corrected chi connectivity index (χ2v) is 5.43. The van der Waals surface area contributed by atoms with Gasteiger partial charge in [0.2, 0.25) is 0 Å². The Bertz CT molecular complexity index is 398. The van der Waals surface area contributed by atoms with Crippen LogP contribution in [0.1, 0.15) is 57.1 Å². The summed E-state index contributed by atoms with van der Waals surface area (Å²) in [6.07, 6.45) is 7.14. The lowest BCUT2D eigenvalue weighted by atomic mass is 9.87. The van der Waals surface area contributed by atoms with Crippen LogP contribution in [0.3, 0.4) is 0 Å². The Morgan fingerprint density at radius 1 is 1.16 bits per heavy atom. The molecule has 1 unspecified atom stereocenters. The van der Waals surface area contributed by atoms with E-state index in [0.717, 1.165) is 19.4 Å². The molecule has 0 aromatic heterocycles. The molecule has 0 amide bonds. The molecule has 3 heteroatoms. The van der Waals surface area contributed by atoms with E-state index in [1.807, 2.05) is 6.92 Å². The monoisotopic (exact) mass is 267 g/mol. The van der Waals surface area contributed by atoms with Gasteiger partial charge in [-0.3, -0.25) is 0 Å². The van der Waals surface area contributed by atoms with Crippen molar-refractivity contribution in [2.45, 2.75) is 51.5 Å². The van der Waals surface area contributed by atoms with E-state index in [1.54, 1.807) is 12.1 Å². The van der Waals surface area contributed by atoms with E-state index in [1.165, 1.54) is 31.7 Å². The number of nitrogens with one attached hydrogen (secondary N) is 1. The van der Waals surface area contributed by atoms with Gasteiger partial charge in [-0.05, 0) is 31.4 Å². The van der Waals surface area contributed by atoms with Crippen molar-refractivity contribution < 1.29 is 8.78 Å². The van der Waals surface area contributed by atoms with Gasteiger partial charge in [0.25, 0.3) is 0 Å². The van der Waals surface area contributed by atoms with Gasteiger partial charge in [0.1, 0.15) is 0 Å². The molecule has 0 heterocycles. The second kappa shape index (κ2) is 6.99. The average molecular weight is 267 g/mol. The van der Waals surface area contributed by atoms with Crippen LogP contribution in [0.2, 0.25) is 0 Å². The van der Waals surface area contributed by atoms with E-state index in [4.69, 9.17) is 0 Å². The molecule has 1 nitrogen and oxygen atoms in total. The van der Waals surface area contributed by atoms with Gasteiger partial charge in [0.05, 0.1) is 0 Å². The summed E-state index contributed by atoms with van der Waals surface area (Å²) < 4.78 is 27.4. The summed E-state index contributed by atoms with van der Waals surface area (Å²) in [5, 5.41) is 3.36. The van der Waals surface area contributed by atoms with E-state index in [9.17, 15) is 8.78 Å². The zero-order valence-corrected chi connectivity index (χ0v) is 11.6. The Kier molecular flexibility index (Phi) is 5.32. The normalized spacial score (nSPS) is 19.1. The first-order valence-electron chi connectivity index (χ1n) is 7.41. The molecule has 1 aromatic rings. The third-order valence-corrected chi connectivity index (χ3v) is 4.11. The van der Waals surface area contributed by atoms with E-state index in [0.29, 0.717) is 11.5 Å². The minimum atomic E-state index is -0.742. The maximum atomic E-state index is 14.0. The molecule has 0 bridgehead atoms. The molecule has 2 rings (SSSR count). The third kappa shape index (κ3) is 3.53. The zero-order chi connectivity index (χ0) is 13.7. The van der Waals surface area contributed by atoms with Gasteiger partial charge in [0, 0.05) is 11.6 Å². The minimum absolute atomic E-state index is 0.0567. The Labute approximate surface area is 114 Å². The van der Waals surface area contributed by atoms with Crippen molar-refractivity contribution in [1.29, 1.82) is 0 Å². The minimum Gasteiger partial charge on any atom is -0.310 e. The number of rotatable bonds is 4. The highest BCUT2D eigenvalue weighted by Crippen LogP contribution is 2.34. The van der Waals surface area contributed by atoms with Crippen LogP contribution in [0, 0.1) is 17.6 Å². The first kappa shape index (κ1) is 14.4. The highest BCUT2D eigenvalue weighted by Gasteiger charge is 2.26. The maximum Gasteiger partial charge on any atom is 0.163 e. The van der Waals surface area contributed by atoms with Crippen LogP contribution in [0.25, 0.3) is 0 Å². The molecular weight excluding hydrogens is 244 g/mol. The lowest BCUT2D eigenvalue weighted by Crippen LogP contribution is -2.29. The molecule has 0 radical (unpaired) electrons. The van der Waals surface area contributed by atoms with Crippen molar-refractivity contribution in [3.05, 3.63) is 35.4 Å². The summed E-state index contributed by atoms with van der Waals surface area (Å²) in [6.45, 7) is 2.79. The van der Waals surface area contributed by atoms with Crippen molar-refractivity contribution in [3.63, 3.8) is 0 Å². The van der Waals surface area contributed by atoms with Crippen LogP contribution in [0.4, 0.5) is 8.78 Å². The van der Waals surface area contributed by atoms with Crippen LogP contribution >= 0.6 is 0 Å². The second-order valence-electron chi connectivity index (χ2n) is 5.43. The van der Waals surface area contributed by atoms with Crippen LogP contribution in [-0.4, -0.2) is 6.54 Å². The summed E-state index contributed by atoms with van der Waals surface area (Å²) in [6, 6.07) is 4.46. The average Bonchev–Trinajstić information content (AvgIpc) is 2.68. The summed E-state index contributed by atoms with van der Waals surface area (Å²) in [5.74, 6) is -1.01. The van der Waals surface area contributed by atoms with Crippen molar-refractivity contribution in [3.8, 4) is 0 Å². The predicted molar refractivity (Wildman–Crippen MR) is 74.0 cm³/mol. The lowest BCUT2D eigenvalue weighted by Gasteiger charge is -2.27. The van der Waals surface area contributed by atoms with Gasteiger partial charge in [0.15, 0.2) is 11.6 Å². The first-order chi connectivity index (χ1) is 9.24. The van der Waals surface area contributed by atoms with Gasteiger partial charge in [-0.25, -0.2) is 8.78 Å². The summed E-state index contributed by atoms with van der Waals surface area (Å²) in [5.41, 5.74) is 0.494. The highest BCUT2D eigenvalue weighted by molar-refractivity contribution is 5.23. The molecule has 0 spiro atoms. The topological polar surface area (TPSA) is 12.0 Å². The van der Waals surface area contributed by atoms with Crippen molar-refractivity contribution in [2.24, 2.45) is 5.92 Å². The molecule has 1 aromatic carbocycles. The van der Waals surface area contributed by atoms with Gasteiger partial charge < -0.3 is 5.32 Å².